The molecule has 2 atom stereocenters. The summed E-state index contributed by atoms with van der Waals surface area (Å²) in [6.07, 6.45) is 1.64. The predicted octanol–water partition coefficient (Wildman–Crippen LogP) is 1.37. The Bertz CT molecular complexity index is 807. The van der Waals surface area contributed by atoms with Gasteiger partial charge in [0.05, 0.1) is 10.2 Å². The minimum Gasteiger partial charge on any atom is -0.481 e. The zero-order valence-electron chi connectivity index (χ0n) is 11.7. The Balaban J connectivity index is 1.79. The standard InChI is InChI=1S/C14H13N3O4S/c1-7-2-22-9-8(7)15-6-16-10(9)17-4-13(11(18)19)3-14(13,5-17)12(20)21/h2,6H,3-5H2,1H3,(H,18,19)(H,20,21)/t13-,14+. The van der Waals surface area contributed by atoms with Gasteiger partial charge in [-0.15, -0.1) is 11.3 Å². The SMILES string of the molecule is Cc1csc2c(N3C[C@@]4(C(=O)O)C[C@@]4(C(=O)O)C3)ncnc12. The quantitative estimate of drug-likeness (QED) is 0.880. The van der Waals surface area contributed by atoms with Crippen molar-refractivity contribution in [2.24, 2.45) is 10.8 Å². The second-order valence-corrected chi connectivity index (χ2v) is 6.98. The summed E-state index contributed by atoms with van der Waals surface area (Å²) in [6, 6.07) is 0. The maximum atomic E-state index is 11.6. The summed E-state index contributed by atoms with van der Waals surface area (Å²) >= 11 is 1.50. The molecule has 1 aliphatic heterocycles. The third-order valence-corrected chi connectivity index (χ3v) is 6.03. The van der Waals surface area contributed by atoms with Gasteiger partial charge in [-0.25, -0.2) is 9.97 Å². The van der Waals surface area contributed by atoms with Gasteiger partial charge in [0.2, 0.25) is 0 Å². The molecule has 0 amide bonds. The minimum atomic E-state index is -1.19. The molecule has 8 heteroatoms. The first-order valence-corrected chi connectivity index (χ1v) is 7.70. The van der Waals surface area contributed by atoms with E-state index in [1.54, 1.807) is 4.90 Å². The molecule has 114 valence electrons. The molecular formula is C14H13N3O4S. The Kier molecular flexibility index (Phi) is 2.41. The molecule has 22 heavy (non-hydrogen) atoms. The van der Waals surface area contributed by atoms with E-state index in [1.165, 1.54) is 17.7 Å². The van der Waals surface area contributed by atoms with Crippen molar-refractivity contribution >= 4 is 39.3 Å². The van der Waals surface area contributed by atoms with Crippen molar-refractivity contribution in [3.8, 4) is 0 Å². The highest BCUT2D eigenvalue weighted by molar-refractivity contribution is 7.18. The van der Waals surface area contributed by atoms with E-state index >= 15 is 0 Å². The molecule has 0 bridgehead atoms. The van der Waals surface area contributed by atoms with E-state index in [0.29, 0.717) is 5.82 Å². The molecule has 1 saturated heterocycles. The molecule has 4 rings (SSSR count). The van der Waals surface area contributed by atoms with Crippen molar-refractivity contribution in [1.82, 2.24) is 9.97 Å². The highest BCUT2D eigenvalue weighted by Gasteiger charge is 2.81. The number of fused-ring (bicyclic) bond motifs is 2. The van der Waals surface area contributed by atoms with E-state index in [0.717, 1.165) is 15.8 Å². The van der Waals surface area contributed by atoms with Crippen LogP contribution in [0.25, 0.3) is 10.2 Å². The highest BCUT2D eigenvalue weighted by atomic mass is 32.1. The predicted molar refractivity (Wildman–Crippen MR) is 79.1 cm³/mol. The van der Waals surface area contributed by atoms with E-state index in [2.05, 4.69) is 9.97 Å². The van der Waals surface area contributed by atoms with Crippen LogP contribution in [0.15, 0.2) is 11.7 Å². The van der Waals surface area contributed by atoms with Crippen molar-refractivity contribution < 1.29 is 19.8 Å². The summed E-state index contributed by atoms with van der Waals surface area (Å²) in [4.78, 5) is 33.5. The zero-order chi connectivity index (χ0) is 15.7. The third kappa shape index (κ3) is 1.40. The molecule has 2 aromatic heterocycles. The molecule has 2 N–H and O–H groups in total. The van der Waals surface area contributed by atoms with E-state index in [9.17, 15) is 19.8 Å². The van der Waals surface area contributed by atoms with Crippen molar-refractivity contribution in [2.45, 2.75) is 13.3 Å². The van der Waals surface area contributed by atoms with Crippen LogP contribution in [0, 0.1) is 17.8 Å². The second-order valence-electron chi connectivity index (χ2n) is 6.10. The zero-order valence-corrected chi connectivity index (χ0v) is 12.6. The van der Waals surface area contributed by atoms with Crippen molar-refractivity contribution in [1.29, 1.82) is 0 Å². The number of thiophene rings is 1. The number of nitrogens with zero attached hydrogens (tertiary/aromatic N) is 3. The summed E-state index contributed by atoms with van der Waals surface area (Å²) in [5.74, 6) is -1.44. The Morgan fingerprint density at radius 1 is 1.23 bits per heavy atom. The number of carbonyl (C=O) groups is 2. The third-order valence-electron chi connectivity index (χ3n) is 4.95. The number of aliphatic carboxylic acids is 2. The van der Waals surface area contributed by atoms with Gasteiger partial charge >= 0.3 is 11.9 Å². The molecule has 2 aliphatic rings. The number of hydrogen-bond donors (Lipinski definition) is 2. The fraction of sp³-hybridized carbons (Fsp3) is 0.429. The molecule has 0 unspecified atom stereocenters. The molecular weight excluding hydrogens is 306 g/mol. The lowest BCUT2D eigenvalue weighted by molar-refractivity contribution is -0.151. The van der Waals surface area contributed by atoms with Gasteiger partial charge in [0, 0.05) is 13.1 Å². The lowest BCUT2D eigenvalue weighted by Crippen LogP contribution is -2.29. The Morgan fingerprint density at radius 3 is 2.45 bits per heavy atom. The first-order valence-electron chi connectivity index (χ1n) is 6.82. The van der Waals surface area contributed by atoms with Crippen LogP contribution >= 0.6 is 11.3 Å². The first-order chi connectivity index (χ1) is 10.4. The van der Waals surface area contributed by atoms with Crippen LogP contribution in [0.1, 0.15) is 12.0 Å². The second kappa shape index (κ2) is 3.95. The van der Waals surface area contributed by atoms with Crippen LogP contribution in [0.4, 0.5) is 5.82 Å². The van der Waals surface area contributed by atoms with Crippen LogP contribution in [-0.2, 0) is 9.59 Å². The van der Waals surface area contributed by atoms with Gasteiger partial charge in [0.25, 0.3) is 0 Å². The molecule has 1 aliphatic carbocycles. The van der Waals surface area contributed by atoms with Gasteiger partial charge in [-0.2, -0.15) is 0 Å². The molecule has 3 heterocycles. The van der Waals surface area contributed by atoms with Crippen molar-refractivity contribution in [2.75, 3.05) is 18.0 Å². The Labute approximate surface area is 129 Å². The number of hydrogen-bond acceptors (Lipinski definition) is 6. The first kappa shape index (κ1) is 13.4. The van der Waals surface area contributed by atoms with Gasteiger partial charge < -0.3 is 15.1 Å². The molecule has 0 radical (unpaired) electrons. The molecule has 2 fully saturated rings. The van der Waals surface area contributed by atoms with Gasteiger partial charge in [0.1, 0.15) is 23.0 Å². The maximum absolute atomic E-state index is 11.6. The number of carboxylic acid groups (broad SMARTS) is 2. The molecule has 7 nitrogen and oxygen atoms in total. The number of piperidine rings is 1. The lowest BCUT2D eigenvalue weighted by atomic mass is 9.97. The highest BCUT2D eigenvalue weighted by Crippen LogP contribution is 2.69. The van der Waals surface area contributed by atoms with Gasteiger partial charge in [-0.1, -0.05) is 0 Å². The Hall–Kier alpha value is -2.22. The molecule has 2 aromatic rings. The average Bonchev–Trinajstić information content (AvgIpc) is 2.81. The van der Waals surface area contributed by atoms with Crippen LogP contribution < -0.4 is 4.90 Å². The van der Waals surface area contributed by atoms with E-state index in [4.69, 9.17) is 0 Å². The summed E-state index contributed by atoms with van der Waals surface area (Å²) < 4.78 is 0.877. The van der Waals surface area contributed by atoms with E-state index in [1.807, 2.05) is 12.3 Å². The molecule has 0 spiro atoms. The van der Waals surface area contributed by atoms with E-state index < -0.39 is 22.8 Å². The largest absolute Gasteiger partial charge is 0.481 e. The normalized spacial score (nSPS) is 29.6. The van der Waals surface area contributed by atoms with Crippen LogP contribution in [0.3, 0.4) is 0 Å². The maximum Gasteiger partial charge on any atom is 0.312 e. The van der Waals surface area contributed by atoms with Crippen molar-refractivity contribution in [3.05, 3.63) is 17.3 Å². The van der Waals surface area contributed by atoms with Crippen LogP contribution in [0.5, 0.6) is 0 Å². The van der Waals surface area contributed by atoms with Gasteiger partial charge in [-0.05, 0) is 24.3 Å². The molecule has 1 saturated carbocycles. The van der Waals surface area contributed by atoms with Crippen LogP contribution in [-0.4, -0.2) is 45.2 Å². The number of anilines is 1. The summed E-state index contributed by atoms with van der Waals surface area (Å²) in [6.45, 7) is 2.31. The number of aromatic nitrogens is 2. The lowest BCUT2D eigenvalue weighted by Gasteiger charge is -2.21. The summed E-state index contributed by atoms with van der Waals surface area (Å²) in [5.41, 5.74) is -0.511. The minimum absolute atomic E-state index is 0.178. The number of aryl methyl sites for hydroxylation is 1. The van der Waals surface area contributed by atoms with Crippen molar-refractivity contribution in [3.63, 3.8) is 0 Å². The topological polar surface area (TPSA) is 104 Å². The fourth-order valence-corrected chi connectivity index (χ4v) is 4.64. The van der Waals surface area contributed by atoms with Gasteiger partial charge in [-0.3, -0.25) is 9.59 Å². The summed E-state index contributed by atoms with van der Waals surface area (Å²) in [5, 5.41) is 21.0. The number of carboxylic acids is 2. The van der Waals surface area contributed by atoms with E-state index in [-0.39, 0.29) is 19.5 Å². The van der Waals surface area contributed by atoms with Crippen LogP contribution in [0.2, 0.25) is 0 Å². The Morgan fingerprint density at radius 2 is 1.86 bits per heavy atom. The fourth-order valence-electron chi connectivity index (χ4n) is 3.62. The summed E-state index contributed by atoms with van der Waals surface area (Å²) in [7, 11) is 0. The monoisotopic (exact) mass is 319 g/mol. The molecule has 0 aromatic carbocycles. The smallest absolute Gasteiger partial charge is 0.312 e. The average molecular weight is 319 g/mol. The number of rotatable bonds is 3. The van der Waals surface area contributed by atoms with Gasteiger partial charge in [0.15, 0.2) is 0 Å².